The van der Waals surface area contributed by atoms with Gasteiger partial charge in [0.2, 0.25) is 0 Å². The minimum absolute atomic E-state index is 0.491. The van der Waals surface area contributed by atoms with Crippen molar-refractivity contribution in [2.24, 2.45) is 5.73 Å². The van der Waals surface area contributed by atoms with E-state index in [4.69, 9.17) is 11.0 Å². The van der Waals surface area contributed by atoms with Crippen LogP contribution in [-0.4, -0.2) is 54.6 Å². The molecule has 1 aliphatic rings. The van der Waals surface area contributed by atoms with Gasteiger partial charge in [0.05, 0.1) is 6.07 Å². The average Bonchev–Trinajstić information content (AvgIpc) is 2.10. The van der Waals surface area contributed by atoms with Gasteiger partial charge >= 0.3 is 0 Å². The summed E-state index contributed by atoms with van der Waals surface area (Å²) in [5, 5.41) is 8.85. The van der Waals surface area contributed by atoms with E-state index in [2.05, 4.69) is 29.8 Å². The molecule has 1 heterocycles. The van der Waals surface area contributed by atoms with E-state index in [0.717, 1.165) is 19.6 Å². The maximum atomic E-state index is 8.85. The Morgan fingerprint density at radius 3 is 2.71 bits per heavy atom. The van der Waals surface area contributed by atoms with E-state index in [1.807, 2.05) is 0 Å². The molecule has 0 saturated carbocycles. The second-order valence-corrected chi connectivity index (χ2v) is 4.61. The summed E-state index contributed by atoms with van der Waals surface area (Å²) >= 11 is 0. The van der Waals surface area contributed by atoms with Gasteiger partial charge in [-0.05, 0) is 20.9 Å². The fourth-order valence-corrected chi connectivity index (χ4v) is 1.87. The van der Waals surface area contributed by atoms with Crippen molar-refractivity contribution in [1.82, 2.24) is 9.80 Å². The molecule has 0 bridgehead atoms. The van der Waals surface area contributed by atoms with E-state index in [1.54, 1.807) is 6.92 Å². The summed E-state index contributed by atoms with van der Waals surface area (Å²) in [5.74, 6) is 0. The molecule has 0 spiro atoms. The molecule has 2 N–H and O–H groups in total. The van der Waals surface area contributed by atoms with Gasteiger partial charge in [-0.3, -0.25) is 4.90 Å². The fourth-order valence-electron chi connectivity index (χ4n) is 1.87. The number of hydrogen-bond donors (Lipinski definition) is 1. The molecule has 1 saturated heterocycles. The molecule has 1 fully saturated rings. The van der Waals surface area contributed by atoms with E-state index in [1.165, 1.54) is 0 Å². The Kier molecular flexibility index (Phi) is 3.48. The minimum Gasteiger partial charge on any atom is -0.313 e. The first-order valence-electron chi connectivity index (χ1n) is 5.07. The standard InChI is InChI=1S/C10H20N4/c1-9-6-13(3)4-5-14(9)8-10(2,12)7-11/h9H,4-6,8,12H2,1-3H3. The normalized spacial score (nSPS) is 29.5. The van der Waals surface area contributed by atoms with Crippen LogP contribution in [0.1, 0.15) is 13.8 Å². The molecular formula is C10H20N4. The van der Waals surface area contributed by atoms with Crippen LogP contribution in [0.15, 0.2) is 0 Å². The van der Waals surface area contributed by atoms with Crippen molar-refractivity contribution < 1.29 is 0 Å². The number of hydrogen-bond acceptors (Lipinski definition) is 4. The van der Waals surface area contributed by atoms with E-state index >= 15 is 0 Å². The van der Waals surface area contributed by atoms with Crippen LogP contribution in [0.3, 0.4) is 0 Å². The van der Waals surface area contributed by atoms with Crippen LogP contribution in [0.2, 0.25) is 0 Å². The van der Waals surface area contributed by atoms with Gasteiger partial charge in [0.15, 0.2) is 0 Å². The van der Waals surface area contributed by atoms with E-state index in [-0.39, 0.29) is 0 Å². The van der Waals surface area contributed by atoms with Gasteiger partial charge in [-0.15, -0.1) is 0 Å². The van der Waals surface area contributed by atoms with Crippen molar-refractivity contribution in [3.05, 3.63) is 0 Å². The summed E-state index contributed by atoms with van der Waals surface area (Å²) in [6.45, 7) is 7.76. The van der Waals surface area contributed by atoms with Gasteiger partial charge in [-0.2, -0.15) is 5.26 Å². The Balaban J connectivity index is 2.50. The zero-order valence-electron chi connectivity index (χ0n) is 9.32. The predicted octanol–water partition coefficient (Wildman–Crippen LogP) is -0.137. The summed E-state index contributed by atoms with van der Waals surface area (Å²) in [7, 11) is 2.12. The topological polar surface area (TPSA) is 56.3 Å². The number of piperazine rings is 1. The highest BCUT2D eigenvalue weighted by atomic mass is 15.3. The maximum absolute atomic E-state index is 8.85. The van der Waals surface area contributed by atoms with Crippen molar-refractivity contribution in [1.29, 1.82) is 5.26 Å². The van der Waals surface area contributed by atoms with Crippen molar-refractivity contribution in [3.8, 4) is 6.07 Å². The third-order valence-electron chi connectivity index (χ3n) is 2.76. The first-order chi connectivity index (χ1) is 6.44. The third kappa shape index (κ3) is 2.95. The molecule has 0 aliphatic carbocycles. The molecule has 80 valence electrons. The number of rotatable bonds is 2. The van der Waals surface area contributed by atoms with Crippen LogP contribution in [0.5, 0.6) is 0 Å². The molecule has 1 aliphatic heterocycles. The summed E-state index contributed by atoms with van der Waals surface area (Å²) in [5.41, 5.74) is 5.11. The quantitative estimate of drug-likeness (QED) is 0.668. The fraction of sp³-hybridized carbons (Fsp3) is 0.900. The zero-order valence-corrected chi connectivity index (χ0v) is 9.32. The van der Waals surface area contributed by atoms with Gasteiger partial charge in [-0.25, -0.2) is 0 Å². The lowest BCUT2D eigenvalue weighted by molar-refractivity contribution is 0.0888. The van der Waals surface area contributed by atoms with Gasteiger partial charge in [-0.1, -0.05) is 0 Å². The molecule has 0 aromatic heterocycles. The first kappa shape index (κ1) is 11.4. The molecular weight excluding hydrogens is 176 g/mol. The lowest BCUT2D eigenvalue weighted by atomic mass is 10.0. The van der Waals surface area contributed by atoms with Crippen LogP contribution in [0.4, 0.5) is 0 Å². The lowest BCUT2D eigenvalue weighted by Crippen LogP contribution is -2.56. The molecule has 4 heteroatoms. The molecule has 4 nitrogen and oxygen atoms in total. The highest BCUT2D eigenvalue weighted by Crippen LogP contribution is 2.11. The van der Waals surface area contributed by atoms with Gasteiger partial charge < -0.3 is 10.6 Å². The van der Waals surface area contributed by atoms with E-state index < -0.39 is 5.54 Å². The summed E-state index contributed by atoms with van der Waals surface area (Å²) in [6, 6.07) is 2.63. The predicted molar refractivity (Wildman–Crippen MR) is 56.7 cm³/mol. The molecule has 14 heavy (non-hydrogen) atoms. The third-order valence-corrected chi connectivity index (χ3v) is 2.76. The monoisotopic (exact) mass is 196 g/mol. The largest absolute Gasteiger partial charge is 0.313 e. The molecule has 1 rings (SSSR count). The number of nitriles is 1. The van der Waals surface area contributed by atoms with Crippen LogP contribution < -0.4 is 5.73 Å². The summed E-state index contributed by atoms with van der Waals surface area (Å²) in [6.07, 6.45) is 0. The highest BCUT2D eigenvalue weighted by molar-refractivity contribution is 5.04. The van der Waals surface area contributed by atoms with Gasteiger partial charge in [0, 0.05) is 32.2 Å². The SMILES string of the molecule is CC1CN(C)CCN1CC(C)(N)C#N. The van der Waals surface area contributed by atoms with E-state index in [0.29, 0.717) is 12.6 Å². The maximum Gasteiger partial charge on any atom is 0.114 e. The van der Waals surface area contributed by atoms with Crippen molar-refractivity contribution >= 4 is 0 Å². The second-order valence-electron chi connectivity index (χ2n) is 4.61. The van der Waals surface area contributed by atoms with Crippen molar-refractivity contribution in [3.63, 3.8) is 0 Å². The molecule has 0 aromatic rings. The zero-order chi connectivity index (χ0) is 10.8. The van der Waals surface area contributed by atoms with Gasteiger partial charge in [0.25, 0.3) is 0 Å². The molecule has 2 unspecified atom stereocenters. The Hall–Kier alpha value is -0.630. The Labute approximate surface area is 86.3 Å². The van der Waals surface area contributed by atoms with Crippen molar-refractivity contribution in [2.45, 2.75) is 25.4 Å². The molecule has 2 atom stereocenters. The van der Waals surface area contributed by atoms with Crippen LogP contribution in [0, 0.1) is 11.3 Å². The molecule has 0 radical (unpaired) electrons. The molecule has 0 amide bonds. The minimum atomic E-state index is -0.718. The summed E-state index contributed by atoms with van der Waals surface area (Å²) < 4.78 is 0. The van der Waals surface area contributed by atoms with Crippen LogP contribution in [0.25, 0.3) is 0 Å². The Morgan fingerprint density at radius 1 is 1.57 bits per heavy atom. The second kappa shape index (κ2) is 4.26. The number of likely N-dealkylation sites (N-methyl/N-ethyl adjacent to an activating group) is 1. The van der Waals surface area contributed by atoms with Crippen molar-refractivity contribution in [2.75, 3.05) is 33.2 Å². The number of nitrogens with zero attached hydrogens (tertiary/aromatic N) is 3. The number of nitrogens with two attached hydrogens (primary N) is 1. The Morgan fingerprint density at radius 2 is 2.21 bits per heavy atom. The van der Waals surface area contributed by atoms with Gasteiger partial charge in [0.1, 0.15) is 5.54 Å². The highest BCUT2D eigenvalue weighted by Gasteiger charge is 2.27. The lowest BCUT2D eigenvalue weighted by Gasteiger charge is -2.40. The molecule has 0 aromatic carbocycles. The first-order valence-corrected chi connectivity index (χ1v) is 5.07. The summed E-state index contributed by atoms with van der Waals surface area (Å²) in [4.78, 5) is 4.60. The average molecular weight is 196 g/mol. The van der Waals surface area contributed by atoms with Crippen LogP contribution in [-0.2, 0) is 0 Å². The van der Waals surface area contributed by atoms with Crippen LogP contribution >= 0.6 is 0 Å². The smallest absolute Gasteiger partial charge is 0.114 e. The Bertz CT molecular complexity index is 231. The van der Waals surface area contributed by atoms with E-state index in [9.17, 15) is 0 Å².